The van der Waals surface area contributed by atoms with Crippen molar-refractivity contribution in [3.8, 4) is 0 Å². The minimum absolute atomic E-state index is 0.257. The third-order valence-electron chi connectivity index (χ3n) is 4.47. The first-order valence-corrected chi connectivity index (χ1v) is 9.40. The van der Waals surface area contributed by atoms with Crippen LogP contribution >= 0.6 is 0 Å². The Labute approximate surface area is 161 Å². The SMILES string of the molecule is CC(C)c1ccc(Nc2cnnc(N(Cc3ccccc3)C(C)C)n2)cc1. The van der Waals surface area contributed by atoms with Gasteiger partial charge in [0.1, 0.15) is 0 Å². The fourth-order valence-corrected chi connectivity index (χ4v) is 2.84. The first-order chi connectivity index (χ1) is 13.0. The van der Waals surface area contributed by atoms with Gasteiger partial charge in [0.2, 0.25) is 5.95 Å². The molecule has 0 radical (unpaired) electrons. The Morgan fingerprint density at radius 2 is 1.63 bits per heavy atom. The average Bonchev–Trinajstić information content (AvgIpc) is 2.67. The van der Waals surface area contributed by atoms with Gasteiger partial charge in [-0.3, -0.25) is 0 Å². The molecule has 1 aromatic heterocycles. The summed E-state index contributed by atoms with van der Waals surface area (Å²) in [5.74, 6) is 1.83. The van der Waals surface area contributed by atoms with Crippen LogP contribution in [0.3, 0.4) is 0 Å². The van der Waals surface area contributed by atoms with Crippen molar-refractivity contribution in [1.82, 2.24) is 15.2 Å². The molecule has 2 aromatic carbocycles. The van der Waals surface area contributed by atoms with Gasteiger partial charge in [-0.25, -0.2) is 0 Å². The molecular weight excluding hydrogens is 334 g/mol. The van der Waals surface area contributed by atoms with E-state index in [1.807, 2.05) is 18.2 Å². The van der Waals surface area contributed by atoms with Crippen LogP contribution < -0.4 is 10.2 Å². The van der Waals surface area contributed by atoms with Gasteiger partial charge in [0, 0.05) is 18.3 Å². The van der Waals surface area contributed by atoms with Gasteiger partial charge in [-0.15, -0.1) is 5.10 Å². The van der Waals surface area contributed by atoms with Crippen LogP contribution in [0, 0.1) is 0 Å². The Kier molecular flexibility index (Phi) is 6.01. The zero-order valence-electron chi connectivity index (χ0n) is 16.4. The summed E-state index contributed by atoms with van der Waals surface area (Å²) in [6.45, 7) is 9.40. The molecule has 0 bridgehead atoms. The van der Waals surface area contributed by atoms with Gasteiger partial charge in [0.25, 0.3) is 0 Å². The zero-order valence-corrected chi connectivity index (χ0v) is 16.4. The summed E-state index contributed by atoms with van der Waals surface area (Å²) < 4.78 is 0. The molecule has 0 saturated heterocycles. The van der Waals surface area contributed by atoms with Crippen LogP contribution in [0.2, 0.25) is 0 Å². The maximum atomic E-state index is 4.68. The van der Waals surface area contributed by atoms with Gasteiger partial charge in [0.15, 0.2) is 5.82 Å². The summed E-state index contributed by atoms with van der Waals surface area (Å²) >= 11 is 0. The van der Waals surface area contributed by atoms with Gasteiger partial charge in [-0.2, -0.15) is 10.1 Å². The number of hydrogen-bond donors (Lipinski definition) is 1. The van der Waals surface area contributed by atoms with Gasteiger partial charge in [-0.1, -0.05) is 56.3 Å². The molecule has 140 valence electrons. The molecule has 0 atom stereocenters. The van der Waals surface area contributed by atoms with Crippen molar-refractivity contribution < 1.29 is 0 Å². The van der Waals surface area contributed by atoms with E-state index >= 15 is 0 Å². The lowest BCUT2D eigenvalue weighted by molar-refractivity contribution is 0.653. The Bertz CT molecular complexity index is 844. The molecule has 5 nitrogen and oxygen atoms in total. The monoisotopic (exact) mass is 361 g/mol. The Morgan fingerprint density at radius 1 is 0.926 bits per heavy atom. The predicted octanol–water partition coefficient (Wildman–Crippen LogP) is 5.15. The Morgan fingerprint density at radius 3 is 2.26 bits per heavy atom. The standard InChI is InChI=1S/C22H27N5/c1-16(2)19-10-12-20(13-11-19)24-21-14-23-26-22(25-21)27(17(3)4)15-18-8-6-5-7-9-18/h5-14,16-17H,15H2,1-4H3,(H,24,25,26). The molecule has 0 aliphatic rings. The number of anilines is 3. The van der Waals surface area contributed by atoms with Gasteiger partial charge in [0.05, 0.1) is 6.20 Å². The van der Waals surface area contributed by atoms with Crippen molar-refractivity contribution in [2.75, 3.05) is 10.2 Å². The molecule has 0 amide bonds. The molecule has 1 N–H and O–H groups in total. The number of hydrogen-bond acceptors (Lipinski definition) is 5. The van der Waals surface area contributed by atoms with E-state index in [-0.39, 0.29) is 6.04 Å². The zero-order chi connectivity index (χ0) is 19.2. The van der Waals surface area contributed by atoms with E-state index in [0.29, 0.717) is 17.7 Å². The predicted molar refractivity (Wildman–Crippen MR) is 111 cm³/mol. The first kappa shape index (κ1) is 18.8. The van der Waals surface area contributed by atoms with E-state index < -0.39 is 0 Å². The number of rotatable bonds is 7. The van der Waals surface area contributed by atoms with Crippen LogP contribution in [0.25, 0.3) is 0 Å². The lowest BCUT2D eigenvalue weighted by Gasteiger charge is -2.26. The summed E-state index contributed by atoms with van der Waals surface area (Å²) in [6, 6.07) is 19.0. The van der Waals surface area contributed by atoms with Gasteiger partial charge in [-0.05, 0) is 43.0 Å². The summed E-state index contributed by atoms with van der Waals surface area (Å²) in [5, 5.41) is 11.7. The van der Waals surface area contributed by atoms with Gasteiger partial charge < -0.3 is 10.2 Å². The van der Waals surface area contributed by atoms with Crippen molar-refractivity contribution in [2.45, 2.75) is 46.2 Å². The largest absolute Gasteiger partial charge is 0.339 e. The smallest absolute Gasteiger partial charge is 0.247 e. The van der Waals surface area contributed by atoms with E-state index in [9.17, 15) is 0 Å². The fourth-order valence-electron chi connectivity index (χ4n) is 2.84. The van der Waals surface area contributed by atoms with Crippen molar-refractivity contribution in [3.63, 3.8) is 0 Å². The number of aromatic nitrogens is 3. The summed E-state index contributed by atoms with van der Waals surface area (Å²) in [6.07, 6.45) is 1.65. The van der Waals surface area contributed by atoms with Crippen LogP contribution in [-0.2, 0) is 6.54 Å². The Hall–Kier alpha value is -2.95. The normalized spacial score (nSPS) is 11.0. The number of nitrogens with zero attached hydrogens (tertiary/aromatic N) is 4. The molecule has 0 aliphatic heterocycles. The second kappa shape index (κ2) is 8.62. The summed E-state index contributed by atoms with van der Waals surface area (Å²) in [7, 11) is 0. The fraction of sp³-hybridized carbons (Fsp3) is 0.318. The summed E-state index contributed by atoms with van der Waals surface area (Å²) in [4.78, 5) is 6.83. The quantitative estimate of drug-likeness (QED) is 0.630. The van der Waals surface area contributed by atoms with Crippen LogP contribution in [-0.4, -0.2) is 21.2 Å². The molecule has 27 heavy (non-hydrogen) atoms. The molecule has 5 heteroatoms. The van der Waals surface area contributed by atoms with Gasteiger partial charge >= 0.3 is 0 Å². The minimum atomic E-state index is 0.257. The maximum Gasteiger partial charge on any atom is 0.247 e. The van der Waals surface area contributed by atoms with Crippen LogP contribution in [0.4, 0.5) is 17.5 Å². The molecule has 3 rings (SSSR count). The van der Waals surface area contributed by atoms with Crippen molar-refractivity contribution in [2.24, 2.45) is 0 Å². The second-order valence-corrected chi connectivity index (χ2v) is 7.25. The van der Waals surface area contributed by atoms with E-state index in [4.69, 9.17) is 0 Å². The lowest BCUT2D eigenvalue weighted by Crippen LogP contribution is -2.32. The van der Waals surface area contributed by atoms with E-state index in [1.165, 1.54) is 11.1 Å². The highest BCUT2D eigenvalue weighted by atomic mass is 15.3. The highest BCUT2D eigenvalue weighted by molar-refractivity contribution is 5.56. The highest BCUT2D eigenvalue weighted by Crippen LogP contribution is 2.21. The second-order valence-electron chi connectivity index (χ2n) is 7.25. The van der Waals surface area contributed by atoms with Crippen molar-refractivity contribution >= 4 is 17.5 Å². The average molecular weight is 361 g/mol. The van der Waals surface area contributed by atoms with Crippen LogP contribution in [0.5, 0.6) is 0 Å². The van der Waals surface area contributed by atoms with E-state index in [1.54, 1.807) is 6.20 Å². The van der Waals surface area contributed by atoms with E-state index in [2.05, 4.69) is 89.5 Å². The topological polar surface area (TPSA) is 53.9 Å². The molecule has 0 saturated carbocycles. The molecule has 0 unspecified atom stereocenters. The molecule has 0 spiro atoms. The molecular formula is C22H27N5. The number of nitrogens with one attached hydrogen (secondary N) is 1. The number of benzene rings is 2. The first-order valence-electron chi connectivity index (χ1n) is 9.40. The third-order valence-corrected chi connectivity index (χ3v) is 4.47. The molecule has 3 aromatic rings. The maximum absolute atomic E-state index is 4.68. The van der Waals surface area contributed by atoms with Crippen LogP contribution in [0.15, 0.2) is 60.8 Å². The lowest BCUT2D eigenvalue weighted by atomic mass is 10.0. The molecule has 0 aliphatic carbocycles. The van der Waals surface area contributed by atoms with Crippen molar-refractivity contribution in [1.29, 1.82) is 0 Å². The molecule has 1 heterocycles. The highest BCUT2D eigenvalue weighted by Gasteiger charge is 2.15. The Balaban J connectivity index is 1.78. The minimum Gasteiger partial charge on any atom is -0.339 e. The van der Waals surface area contributed by atoms with Crippen LogP contribution in [0.1, 0.15) is 44.7 Å². The third kappa shape index (κ3) is 5.03. The molecule has 0 fully saturated rings. The van der Waals surface area contributed by atoms with E-state index in [0.717, 1.165) is 12.2 Å². The summed E-state index contributed by atoms with van der Waals surface area (Å²) in [5.41, 5.74) is 3.53. The van der Waals surface area contributed by atoms with Crippen molar-refractivity contribution in [3.05, 3.63) is 71.9 Å².